The predicted molar refractivity (Wildman–Crippen MR) is 382 cm³/mol. The maximum atomic E-state index is 13.1. The van der Waals surface area contributed by atoms with E-state index < -0.39 is 97.5 Å². The van der Waals surface area contributed by atoms with Crippen molar-refractivity contribution in [3.05, 3.63) is 0 Å². The lowest BCUT2D eigenvalue weighted by Gasteiger charge is -2.21. The van der Waals surface area contributed by atoms with Gasteiger partial charge < -0.3 is 33.8 Å². The van der Waals surface area contributed by atoms with Crippen molar-refractivity contribution in [3.8, 4) is 0 Å². The van der Waals surface area contributed by atoms with E-state index >= 15 is 0 Å². The van der Waals surface area contributed by atoms with Crippen LogP contribution in [0, 0.1) is 5.92 Å². The summed E-state index contributed by atoms with van der Waals surface area (Å²) in [4.78, 5) is 72.8. The normalized spacial score (nSPS) is 14.0. The number of ether oxygens (including phenoxy) is 4. The highest BCUT2D eigenvalue weighted by Crippen LogP contribution is 2.45. The van der Waals surface area contributed by atoms with E-state index in [1.165, 1.54) is 218 Å². The highest BCUT2D eigenvalue weighted by molar-refractivity contribution is 7.47. The van der Waals surface area contributed by atoms with E-state index in [1.807, 2.05) is 0 Å². The Hall–Kier alpha value is -1.94. The first kappa shape index (κ1) is 92.1. The van der Waals surface area contributed by atoms with Crippen molar-refractivity contribution < 1.29 is 80.2 Å². The van der Waals surface area contributed by atoms with Crippen molar-refractivity contribution in [1.82, 2.24) is 0 Å². The number of phosphoric acid groups is 2. The summed E-state index contributed by atoms with van der Waals surface area (Å²) in [5, 5.41) is 10.6. The van der Waals surface area contributed by atoms with E-state index in [1.54, 1.807) is 0 Å². The summed E-state index contributed by atoms with van der Waals surface area (Å²) < 4.78 is 68.5. The van der Waals surface area contributed by atoms with Gasteiger partial charge in [0.25, 0.3) is 0 Å². The Morgan fingerprint density at radius 3 is 0.723 bits per heavy atom. The molecule has 558 valence electrons. The second-order valence-electron chi connectivity index (χ2n) is 27.5. The number of hydrogen-bond donors (Lipinski definition) is 3. The lowest BCUT2D eigenvalue weighted by Crippen LogP contribution is -2.30. The van der Waals surface area contributed by atoms with Crippen LogP contribution in [0.1, 0.15) is 394 Å². The van der Waals surface area contributed by atoms with Gasteiger partial charge in [-0.3, -0.25) is 37.3 Å². The molecule has 94 heavy (non-hydrogen) atoms. The molecule has 19 heteroatoms. The third kappa shape index (κ3) is 68.6. The molecule has 0 fully saturated rings. The molecule has 5 atom stereocenters. The van der Waals surface area contributed by atoms with E-state index in [0.29, 0.717) is 25.7 Å². The first-order valence-corrected chi connectivity index (χ1v) is 42.1. The van der Waals surface area contributed by atoms with Gasteiger partial charge in [0.15, 0.2) is 12.2 Å². The van der Waals surface area contributed by atoms with Gasteiger partial charge in [0.2, 0.25) is 0 Å². The molecule has 0 rings (SSSR count). The second-order valence-corrected chi connectivity index (χ2v) is 30.4. The highest BCUT2D eigenvalue weighted by Gasteiger charge is 2.30. The monoisotopic (exact) mass is 1380 g/mol. The highest BCUT2D eigenvalue weighted by atomic mass is 31.2. The summed E-state index contributed by atoms with van der Waals surface area (Å²) in [6.07, 6.45) is 56.7. The molecule has 0 saturated carbocycles. The number of hydrogen-bond acceptors (Lipinski definition) is 15. The standard InChI is InChI=1S/C75H146O17P2/c1-6-9-12-15-18-21-24-26-28-29-31-34-40-45-50-55-60-74(79)91-70(65-86-73(78)59-54-49-44-39-33-30-27-25-22-19-16-13-10-7-2)66-89-93(81,82)87-62-69(76)63-88-94(83,84)90-67-71(64-85-72(77)58-53-48-43-38-32-23-20-17-14-11-8-3)92-75(80)61-56-51-46-41-36-35-37-42-47-52-57-68(4)5/h68-71,76H,6-67H2,1-5H3,(H,81,82)(H,83,84)/t69-,70-,71-/m1/s1. The van der Waals surface area contributed by atoms with E-state index in [4.69, 9.17) is 37.0 Å². The zero-order valence-corrected chi connectivity index (χ0v) is 62.9. The maximum absolute atomic E-state index is 13.1. The van der Waals surface area contributed by atoms with Gasteiger partial charge in [0, 0.05) is 25.7 Å². The van der Waals surface area contributed by atoms with Crippen LogP contribution in [0.5, 0.6) is 0 Å². The first-order chi connectivity index (χ1) is 45.5. The Morgan fingerprint density at radius 1 is 0.287 bits per heavy atom. The van der Waals surface area contributed by atoms with Crippen molar-refractivity contribution in [1.29, 1.82) is 0 Å². The molecule has 0 aliphatic carbocycles. The SMILES string of the molecule is CCCCCCCCCCCCCCCCCCC(=O)O[C@H](COC(=O)CCCCCCCCCCCCCCCC)COP(=O)(O)OC[C@@H](O)COP(=O)(O)OC[C@@H](COC(=O)CCCCCCCCCCCCC)OC(=O)CCCCCCCCCCCCC(C)C. The summed E-state index contributed by atoms with van der Waals surface area (Å²) in [5.74, 6) is -1.36. The minimum atomic E-state index is -4.96. The summed E-state index contributed by atoms with van der Waals surface area (Å²) >= 11 is 0. The molecule has 0 amide bonds. The fourth-order valence-electron chi connectivity index (χ4n) is 11.5. The Labute approximate surface area is 575 Å². The van der Waals surface area contributed by atoms with E-state index in [9.17, 15) is 43.2 Å². The smallest absolute Gasteiger partial charge is 0.462 e. The Balaban J connectivity index is 5.25. The molecule has 0 saturated heterocycles. The lowest BCUT2D eigenvalue weighted by molar-refractivity contribution is -0.161. The van der Waals surface area contributed by atoms with Gasteiger partial charge in [0.1, 0.15) is 19.3 Å². The third-order valence-corrected chi connectivity index (χ3v) is 19.4. The van der Waals surface area contributed by atoms with Gasteiger partial charge in [-0.25, -0.2) is 9.13 Å². The number of aliphatic hydroxyl groups is 1. The third-order valence-electron chi connectivity index (χ3n) is 17.5. The summed E-state index contributed by atoms with van der Waals surface area (Å²) in [6, 6.07) is 0. The molecule has 0 aromatic rings. The van der Waals surface area contributed by atoms with Gasteiger partial charge in [-0.2, -0.15) is 0 Å². The molecule has 0 heterocycles. The van der Waals surface area contributed by atoms with Crippen LogP contribution in [0.3, 0.4) is 0 Å². The minimum absolute atomic E-state index is 0.107. The van der Waals surface area contributed by atoms with Crippen molar-refractivity contribution in [3.63, 3.8) is 0 Å². The van der Waals surface area contributed by atoms with E-state index in [2.05, 4.69) is 34.6 Å². The summed E-state index contributed by atoms with van der Waals surface area (Å²) in [7, 11) is -9.91. The van der Waals surface area contributed by atoms with Gasteiger partial charge in [-0.05, 0) is 31.6 Å². The molecule has 2 unspecified atom stereocenters. The van der Waals surface area contributed by atoms with Gasteiger partial charge in [0.05, 0.1) is 26.4 Å². The van der Waals surface area contributed by atoms with E-state index in [-0.39, 0.29) is 25.7 Å². The van der Waals surface area contributed by atoms with Gasteiger partial charge in [-0.1, -0.05) is 343 Å². The zero-order chi connectivity index (χ0) is 69.1. The van der Waals surface area contributed by atoms with Crippen LogP contribution in [-0.2, 0) is 65.4 Å². The van der Waals surface area contributed by atoms with Gasteiger partial charge in [-0.15, -0.1) is 0 Å². The van der Waals surface area contributed by atoms with Crippen LogP contribution in [0.15, 0.2) is 0 Å². The fraction of sp³-hybridized carbons (Fsp3) is 0.947. The number of rotatable bonds is 75. The number of phosphoric ester groups is 2. The lowest BCUT2D eigenvalue weighted by atomic mass is 10.0. The van der Waals surface area contributed by atoms with Crippen molar-refractivity contribution in [2.24, 2.45) is 5.92 Å². The van der Waals surface area contributed by atoms with Crippen LogP contribution < -0.4 is 0 Å². The van der Waals surface area contributed by atoms with Crippen molar-refractivity contribution in [2.45, 2.75) is 412 Å². The van der Waals surface area contributed by atoms with Crippen LogP contribution >= 0.6 is 15.6 Å². The maximum Gasteiger partial charge on any atom is 0.472 e. The molecule has 0 aromatic heterocycles. The Morgan fingerprint density at radius 2 is 0.489 bits per heavy atom. The molecule has 3 N–H and O–H groups in total. The Kier molecular flexibility index (Phi) is 66.8. The second kappa shape index (κ2) is 68.2. The summed E-state index contributed by atoms with van der Waals surface area (Å²) in [5.41, 5.74) is 0. The molecular formula is C75H146O17P2. The molecule has 0 bridgehead atoms. The Bertz CT molecular complexity index is 1810. The van der Waals surface area contributed by atoms with Crippen LogP contribution in [0.2, 0.25) is 0 Å². The van der Waals surface area contributed by atoms with Crippen LogP contribution in [0.4, 0.5) is 0 Å². The van der Waals surface area contributed by atoms with Crippen LogP contribution in [0.25, 0.3) is 0 Å². The average molecular weight is 1380 g/mol. The predicted octanol–water partition coefficient (Wildman–Crippen LogP) is 22.1. The molecule has 0 spiro atoms. The quantitative estimate of drug-likeness (QED) is 0.0222. The number of aliphatic hydroxyl groups excluding tert-OH is 1. The van der Waals surface area contributed by atoms with Crippen molar-refractivity contribution in [2.75, 3.05) is 39.6 Å². The molecule has 17 nitrogen and oxygen atoms in total. The van der Waals surface area contributed by atoms with Crippen LogP contribution in [-0.4, -0.2) is 96.7 Å². The fourth-order valence-corrected chi connectivity index (χ4v) is 13.1. The minimum Gasteiger partial charge on any atom is -0.462 e. The van der Waals surface area contributed by atoms with Gasteiger partial charge >= 0.3 is 39.5 Å². The van der Waals surface area contributed by atoms with E-state index in [0.717, 1.165) is 95.8 Å². The average Bonchev–Trinajstić information content (AvgIpc) is 1.40. The van der Waals surface area contributed by atoms with Crippen molar-refractivity contribution >= 4 is 39.5 Å². The molecule has 0 aliphatic rings. The molecular weight excluding hydrogens is 1230 g/mol. The largest absolute Gasteiger partial charge is 0.472 e. The number of esters is 4. The molecule has 0 radical (unpaired) electrons. The topological polar surface area (TPSA) is 237 Å². The summed E-state index contributed by atoms with van der Waals surface area (Å²) in [6.45, 7) is 7.28. The number of carbonyl (C=O) groups excluding carboxylic acids is 4. The number of carbonyl (C=O) groups is 4. The zero-order valence-electron chi connectivity index (χ0n) is 61.1. The molecule has 0 aromatic carbocycles. The molecule has 0 aliphatic heterocycles. The first-order valence-electron chi connectivity index (χ1n) is 39.1. The number of unbranched alkanes of at least 4 members (excludes halogenated alkanes) is 47.